The molecule has 0 unspecified atom stereocenters. The molecule has 0 bridgehead atoms. The number of anilines is 1. The zero-order chi connectivity index (χ0) is 18.8. The van der Waals surface area contributed by atoms with E-state index >= 15 is 0 Å². The van der Waals surface area contributed by atoms with Gasteiger partial charge in [0.15, 0.2) is 0 Å². The van der Waals surface area contributed by atoms with Crippen LogP contribution in [0.3, 0.4) is 0 Å². The fraction of sp³-hybridized carbons (Fsp3) is 0.667. The minimum Gasteiger partial charge on any atom is -0.367 e. The predicted octanol–water partition coefficient (Wildman–Crippen LogP) is 2.04. The van der Waals surface area contributed by atoms with Crippen LogP contribution in [0.15, 0.2) is 18.2 Å². The van der Waals surface area contributed by atoms with E-state index in [-0.39, 0.29) is 11.7 Å². The van der Waals surface area contributed by atoms with Crippen molar-refractivity contribution in [2.45, 2.75) is 19.8 Å². The summed E-state index contributed by atoms with van der Waals surface area (Å²) in [4.78, 5) is 19.3. The lowest BCUT2D eigenvalue weighted by Crippen LogP contribution is -2.46. The molecule has 1 aromatic carbocycles. The summed E-state index contributed by atoms with van der Waals surface area (Å²) in [5.74, 6) is 1.07. The highest BCUT2D eigenvalue weighted by molar-refractivity contribution is 5.94. The molecular weight excluding hydrogens is 343 g/mol. The lowest BCUT2D eigenvalue weighted by Gasteiger charge is -2.35. The molecule has 0 aliphatic carbocycles. The Hall–Kier alpha value is -1.66. The second-order valence-electron chi connectivity index (χ2n) is 8.14. The molecule has 0 radical (unpaired) electrons. The van der Waals surface area contributed by atoms with Crippen LogP contribution in [0.4, 0.5) is 10.1 Å². The smallest absolute Gasteiger partial charge is 0.253 e. The van der Waals surface area contributed by atoms with E-state index in [1.54, 1.807) is 12.1 Å². The van der Waals surface area contributed by atoms with Crippen molar-refractivity contribution in [2.75, 3.05) is 63.8 Å². The van der Waals surface area contributed by atoms with Crippen LogP contribution in [0, 0.1) is 17.7 Å². The van der Waals surface area contributed by atoms with Gasteiger partial charge in [0.05, 0.1) is 5.69 Å². The molecule has 0 spiro atoms. The number of likely N-dealkylation sites (N-methyl/N-ethyl adjacent to an activating group) is 1. The van der Waals surface area contributed by atoms with Crippen LogP contribution < -0.4 is 10.2 Å². The molecule has 0 saturated carbocycles. The fourth-order valence-electron chi connectivity index (χ4n) is 4.81. The zero-order valence-corrected chi connectivity index (χ0v) is 16.3. The molecular formula is C21H31FN4O. The average Bonchev–Trinajstić information content (AvgIpc) is 3.06. The third kappa shape index (κ3) is 3.97. The maximum absolute atomic E-state index is 14.8. The summed E-state index contributed by atoms with van der Waals surface area (Å²) in [5, 5.41) is 3.46. The van der Waals surface area contributed by atoms with Gasteiger partial charge in [0.1, 0.15) is 5.82 Å². The number of piperazine rings is 1. The number of fused-ring (bicyclic) bond motifs is 1. The monoisotopic (exact) mass is 374 g/mol. The number of likely N-dealkylation sites (tertiary alicyclic amines) is 1. The highest BCUT2D eigenvalue weighted by Crippen LogP contribution is 2.28. The largest absolute Gasteiger partial charge is 0.367 e. The first-order valence-electron chi connectivity index (χ1n) is 10.4. The third-order valence-corrected chi connectivity index (χ3v) is 6.66. The molecule has 1 amide bonds. The van der Waals surface area contributed by atoms with Crippen molar-refractivity contribution in [1.29, 1.82) is 0 Å². The van der Waals surface area contributed by atoms with Crippen LogP contribution in [-0.4, -0.2) is 74.6 Å². The SMILES string of the molecule is CCN1CCN(c2ccc(C(=O)N3CC[C@@H]4CNC[C@@H]4CC3)cc2F)CC1. The van der Waals surface area contributed by atoms with Crippen LogP contribution in [-0.2, 0) is 0 Å². The Kier molecular flexibility index (Phi) is 5.64. The number of hydrogen-bond acceptors (Lipinski definition) is 4. The van der Waals surface area contributed by atoms with Crippen LogP contribution in [0.1, 0.15) is 30.1 Å². The molecule has 3 heterocycles. The quantitative estimate of drug-likeness (QED) is 0.879. The van der Waals surface area contributed by atoms with Gasteiger partial charge in [-0.3, -0.25) is 4.79 Å². The molecule has 4 rings (SSSR count). The van der Waals surface area contributed by atoms with E-state index in [4.69, 9.17) is 0 Å². The Morgan fingerprint density at radius 1 is 1.07 bits per heavy atom. The molecule has 1 N–H and O–H groups in total. The molecule has 27 heavy (non-hydrogen) atoms. The first kappa shape index (κ1) is 18.7. The van der Waals surface area contributed by atoms with Gasteiger partial charge in [0.2, 0.25) is 0 Å². The molecule has 2 atom stereocenters. The summed E-state index contributed by atoms with van der Waals surface area (Å²) >= 11 is 0. The lowest BCUT2D eigenvalue weighted by atomic mass is 9.92. The van der Waals surface area contributed by atoms with E-state index < -0.39 is 0 Å². The molecule has 3 fully saturated rings. The summed E-state index contributed by atoms with van der Waals surface area (Å²) in [6.45, 7) is 10.5. The van der Waals surface area contributed by atoms with Gasteiger partial charge in [-0.15, -0.1) is 0 Å². The molecule has 3 aliphatic heterocycles. The number of nitrogens with one attached hydrogen (secondary N) is 1. The topological polar surface area (TPSA) is 38.8 Å². The minimum absolute atomic E-state index is 0.0239. The van der Waals surface area contributed by atoms with E-state index in [2.05, 4.69) is 22.0 Å². The molecule has 6 heteroatoms. The van der Waals surface area contributed by atoms with Crippen LogP contribution in [0.25, 0.3) is 0 Å². The van der Waals surface area contributed by atoms with Crippen molar-refractivity contribution in [3.8, 4) is 0 Å². The van der Waals surface area contributed by atoms with Gasteiger partial charge < -0.3 is 20.0 Å². The lowest BCUT2D eigenvalue weighted by molar-refractivity contribution is 0.0758. The standard InChI is InChI=1S/C21H31FN4O/c1-2-24-9-11-25(12-10-24)20-4-3-16(13-19(20)22)21(27)26-7-5-17-14-23-15-18(17)6-8-26/h3-4,13,17-18,23H,2,5-12,14-15H2,1H3/t17-,18+. The van der Waals surface area contributed by atoms with Gasteiger partial charge in [0, 0.05) is 44.8 Å². The van der Waals surface area contributed by atoms with Crippen molar-refractivity contribution >= 4 is 11.6 Å². The molecule has 5 nitrogen and oxygen atoms in total. The Labute approximate surface area is 161 Å². The summed E-state index contributed by atoms with van der Waals surface area (Å²) in [7, 11) is 0. The van der Waals surface area contributed by atoms with Crippen molar-refractivity contribution in [1.82, 2.24) is 15.1 Å². The maximum Gasteiger partial charge on any atom is 0.253 e. The Balaban J connectivity index is 1.42. The number of halogens is 1. The number of rotatable bonds is 3. The van der Waals surface area contributed by atoms with Crippen LogP contribution in [0.2, 0.25) is 0 Å². The predicted molar refractivity (Wildman–Crippen MR) is 106 cm³/mol. The second kappa shape index (κ2) is 8.15. The molecule has 0 aromatic heterocycles. The maximum atomic E-state index is 14.8. The van der Waals surface area contributed by atoms with Gasteiger partial charge in [-0.05, 0) is 62.5 Å². The number of hydrogen-bond donors (Lipinski definition) is 1. The number of carbonyl (C=O) groups excluding carboxylic acids is 1. The van der Waals surface area contributed by atoms with Crippen molar-refractivity contribution in [3.05, 3.63) is 29.6 Å². The normalized spacial score (nSPS) is 26.7. The van der Waals surface area contributed by atoms with E-state index in [1.807, 2.05) is 4.90 Å². The second-order valence-corrected chi connectivity index (χ2v) is 8.14. The average molecular weight is 375 g/mol. The summed E-state index contributed by atoms with van der Waals surface area (Å²) in [5.41, 5.74) is 1.10. The minimum atomic E-state index is -0.276. The number of carbonyl (C=O) groups is 1. The van der Waals surface area contributed by atoms with Crippen molar-refractivity contribution in [2.24, 2.45) is 11.8 Å². The third-order valence-electron chi connectivity index (χ3n) is 6.66. The van der Waals surface area contributed by atoms with Gasteiger partial charge >= 0.3 is 0 Å². The highest BCUT2D eigenvalue weighted by Gasteiger charge is 2.32. The van der Waals surface area contributed by atoms with Crippen LogP contribution in [0.5, 0.6) is 0 Å². The fourth-order valence-corrected chi connectivity index (χ4v) is 4.81. The Bertz CT molecular complexity index is 660. The molecule has 148 valence electrons. The Morgan fingerprint density at radius 2 is 1.74 bits per heavy atom. The first-order valence-corrected chi connectivity index (χ1v) is 10.4. The van der Waals surface area contributed by atoms with E-state index in [0.717, 1.165) is 71.7 Å². The van der Waals surface area contributed by atoms with Crippen molar-refractivity contribution < 1.29 is 9.18 Å². The molecule has 1 aromatic rings. The van der Waals surface area contributed by atoms with Gasteiger partial charge in [-0.2, -0.15) is 0 Å². The number of nitrogens with zero attached hydrogens (tertiary/aromatic N) is 3. The number of amides is 1. The first-order chi connectivity index (χ1) is 13.2. The van der Waals surface area contributed by atoms with E-state index in [0.29, 0.717) is 23.1 Å². The number of benzene rings is 1. The van der Waals surface area contributed by atoms with Gasteiger partial charge in [-0.25, -0.2) is 4.39 Å². The molecule has 3 aliphatic rings. The van der Waals surface area contributed by atoms with Gasteiger partial charge in [0.25, 0.3) is 5.91 Å². The van der Waals surface area contributed by atoms with E-state index in [1.165, 1.54) is 6.07 Å². The van der Waals surface area contributed by atoms with Crippen molar-refractivity contribution in [3.63, 3.8) is 0 Å². The summed E-state index contributed by atoms with van der Waals surface area (Å²) < 4.78 is 14.8. The van der Waals surface area contributed by atoms with E-state index in [9.17, 15) is 9.18 Å². The van der Waals surface area contributed by atoms with Crippen LogP contribution >= 0.6 is 0 Å². The summed E-state index contributed by atoms with van der Waals surface area (Å²) in [6, 6.07) is 5.04. The highest BCUT2D eigenvalue weighted by atomic mass is 19.1. The molecule has 3 saturated heterocycles. The Morgan fingerprint density at radius 3 is 2.33 bits per heavy atom. The summed E-state index contributed by atoms with van der Waals surface area (Å²) in [6.07, 6.45) is 2.09. The van der Waals surface area contributed by atoms with Gasteiger partial charge in [-0.1, -0.05) is 6.92 Å². The zero-order valence-electron chi connectivity index (χ0n) is 16.3.